The Labute approximate surface area is 106 Å². The van der Waals surface area contributed by atoms with Crippen LogP contribution in [0.5, 0.6) is 0 Å². The van der Waals surface area contributed by atoms with Gasteiger partial charge in [0.05, 0.1) is 0 Å². The van der Waals surface area contributed by atoms with Crippen molar-refractivity contribution in [3.8, 4) is 11.8 Å². The van der Waals surface area contributed by atoms with Gasteiger partial charge in [0.25, 0.3) is 11.5 Å². The van der Waals surface area contributed by atoms with Crippen molar-refractivity contribution in [2.24, 2.45) is 0 Å². The molecule has 0 bridgehead atoms. The Morgan fingerprint density at radius 2 is 2.28 bits per heavy atom. The van der Waals surface area contributed by atoms with E-state index in [0.29, 0.717) is 6.42 Å². The van der Waals surface area contributed by atoms with Crippen molar-refractivity contribution in [3.05, 3.63) is 33.2 Å². The minimum Gasteiger partial charge on any atom is -0.325 e. The van der Waals surface area contributed by atoms with Gasteiger partial charge in [-0.05, 0) is 31.9 Å². The fraction of sp³-hybridized carbons (Fsp3) is 0.385. The molecule has 5 nitrogen and oxygen atoms in total. The second-order valence-corrected chi connectivity index (χ2v) is 3.67. The number of carbonyl (C=O) groups is 1. The summed E-state index contributed by atoms with van der Waals surface area (Å²) in [6.07, 6.45) is 0.714. The molecule has 0 saturated heterocycles. The molecule has 0 radical (unpaired) electrons. The molecule has 0 atom stereocenters. The van der Waals surface area contributed by atoms with Crippen LogP contribution >= 0.6 is 0 Å². The number of H-pyrrole nitrogens is 1. The Morgan fingerprint density at radius 3 is 2.89 bits per heavy atom. The number of nitrogens with one attached hydrogen (secondary N) is 2. The minimum absolute atomic E-state index is 0.0363. The molecule has 96 valence electrons. The lowest BCUT2D eigenvalue weighted by Gasteiger charge is -2.06. The van der Waals surface area contributed by atoms with Crippen molar-refractivity contribution in [3.63, 3.8) is 0 Å². The summed E-state index contributed by atoms with van der Waals surface area (Å²) in [5.74, 6) is 4.68. The maximum absolute atomic E-state index is 11.7. The third-order valence-corrected chi connectivity index (χ3v) is 2.43. The van der Waals surface area contributed by atoms with Gasteiger partial charge in [-0.1, -0.05) is 12.8 Å². The number of aromatic amines is 1. The van der Waals surface area contributed by atoms with Crippen LogP contribution in [-0.2, 0) is 11.3 Å². The molecule has 0 aromatic carbocycles. The first kappa shape index (κ1) is 14.0. The molecule has 1 amide bonds. The van der Waals surface area contributed by atoms with Crippen LogP contribution in [0.2, 0.25) is 0 Å². The molecule has 1 aromatic heterocycles. The van der Waals surface area contributed by atoms with Gasteiger partial charge in [0.2, 0.25) is 0 Å². The number of amides is 1. The molecule has 0 aliphatic carbocycles. The first-order valence-corrected chi connectivity index (χ1v) is 5.64. The minimum atomic E-state index is -0.570. The number of aryl methyl sites for hydroxylation is 2. The van der Waals surface area contributed by atoms with E-state index in [4.69, 9.17) is 4.84 Å². The monoisotopic (exact) mass is 248 g/mol. The Balaban J connectivity index is 2.82. The fourth-order valence-corrected chi connectivity index (χ4v) is 1.47. The predicted octanol–water partition coefficient (Wildman–Crippen LogP) is 0.930. The van der Waals surface area contributed by atoms with Crippen LogP contribution in [0.25, 0.3) is 0 Å². The second kappa shape index (κ2) is 6.62. The fourth-order valence-electron chi connectivity index (χ4n) is 1.47. The van der Waals surface area contributed by atoms with Crippen LogP contribution in [0, 0.1) is 18.8 Å². The molecule has 0 spiro atoms. The van der Waals surface area contributed by atoms with Crippen LogP contribution in [-0.4, -0.2) is 17.5 Å². The molecular formula is C13H16N2O3. The Kier molecular flexibility index (Phi) is 5.15. The first-order valence-electron chi connectivity index (χ1n) is 5.64. The molecule has 18 heavy (non-hydrogen) atoms. The van der Waals surface area contributed by atoms with Gasteiger partial charge >= 0.3 is 0 Å². The summed E-state index contributed by atoms with van der Waals surface area (Å²) < 4.78 is 0. The highest BCUT2D eigenvalue weighted by molar-refractivity contribution is 5.93. The SMILES string of the molecule is CC#CCONC(=O)c1cc(C)c(CC)[nH]c1=O. The van der Waals surface area contributed by atoms with Gasteiger partial charge in [-0.2, -0.15) is 0 Å². The molecule has 1 heterocycles. The number of pyridine rings is 1. The highest BCUT2D eigenvalue weighted by Gasteiger charge is 2.12. The molecule has 1 rings (SSSR count). The van der Waals surface area contributed by atoms with Gasteiger partial charge in [-0.15, -0.1) is 5.92 Å². The van der Waals surface area contributed by atoms with Crippen LogP contribution in [0.3, 0.4) is 0 Å². The molecule has 0 saturated carbocycles. The van der Waals surface area contributed by atoms with Crippen molar-refractivity contribution in [2.75, 3.05) is 6.61 Å². The topological polar surface area (TPSA) is 71.2 Å². The molecule has 2 N–H and O–H groups in total. The third-order valence-electron chi connectivity index (χ3n) is 2.43. The average molecular weight is 248 g/mol. The molecule has 0 aliphatic heterocycles. The van der Waals surface area contributed by atoms with Gasteiger partial charge in [-0.3, -0.25) is 14.4 Å². The van der Waals surface area contributed by atoms with Crippen LogP contribution in [0.4, 0.5) is 0 Å². The van der Waals surface area contributed by atoms with Gasteiger partial charge in [0.1, 0.15) is 12.2 Å². The summed E-state index contributed by atoms with van der Waals surface area (Å²) in [7, 11) is 0. The summed E-state index contributed by atoms with van der Waals surface area (Å²) >= 11 is 0. The van der Waals surface area contributed by atoms with E-state index >= 15 is 0 Å². The highest BCUT2D eigenvalue weighted by Crippen LogP contribution is 2.04. The smallest absolute Gasteiger partial charge is 0.280 e. The maximum Gasteiger partial charge on any atom is 0.280 e. The lowest BCUT2D eigenvalue weighted by molar-refractivity contribution is 0.0436. The van der Waals surface area contributed by atoms with E-state index in [0.717, 1.165) is 11.3 Å². The Morgan fingerprint density at radius 1 is 1.56 bits per heavy atom. The van der Waals surface area contributed by atoms with Crippen molar-refractivity contribution in [2.45, 2.75) is 27.2 Å². The van der Waals surface area contributed by atoms with Crippen molar-refractivity contribution < 1.29 is 9.63 Å². The van der Waals surface area contributed by atoms with Crippen molar-refractivity contribution >= 4 is 5.91 Å². The second-order valence-electron chi connectivity index (χ2n) is 3.67. The number of hydrogen-bond donors (Lipinski definition) is 2. The largest absolute Gasteiger partial charge is 0.325 e. The third kappa shape index (κ3) is 3.47. The van der Waals surface area contributed by atoms with Crippen molar-refractivity contribution in [1.82, 2.24) is 10.5 Å². The van der Waals surface area contributed by atoms with Gasteiger partial charge < -0.3 is 4.98 Å². The summed E-state index contributed by atoms with van der Waals surface area (Å²) in [4.78, 5) is 30.8. The van der Waals surface area contributed by atoms with E-state index in [9.17, 15) is 9.59 Å². The Bertz CT molecular complexity index is 550. The zero-order valence-electron chi connectivity index (χ0n) is 10.7. The summed E-state index contributed by atoms with van der Waals surface area (Å²) in [5, 5.41) is 0. The number of aromatic nitrogens is 1. The number of carbonyl (C=O) groups excluding carboxylic acids is 1. The van der Waals surface area contributed by atoms with Gasteiger partial charge in [0, 0.05) is 5.69 Å². The zero-order chi connectivity index (χ0) is 13.5. The quantitative estimate of drug-likeness (QED) is 0.473. The summed E-state index contributed by atoms with van der Waals surface area (Å²) in [5.41, 5.74) is 3.50. The normalized spacial score (nSPS) is 9.50. The van der Waals surface area contributed by atoms with E-state index in [1.807, 2.05) is 13.8 Å². The van der Waals surface area contributed by atoms with E-state index < -0.39 is 11.5 Å². The predicted molar refractivity (Wildman–Crippen MR) is 68.0 cm³/mol. The van der Waals surface area contributed by atoms with Gasteiger partial charge in [-0.25, -0.2) is 5.48 Å². The van der Waals surface area contributed by atoms with E-state index in [2.05, 4.69) is 22.3 Å². The van der Waals surface area contributed by atoms with Gasteiger partial charge in [0.15, 0.2) is 0 Å². The number of hydroxylamine groups is 1. The average Bonchev–Trinajstić information content (AvgIpc) is 2.36. The lowest BCUT2D eigenvalue weighted by Crippen LogP contribution is -2.30. The molecule has 0 unspecified atom stereocenters. The molecule has 5 heteroatoms. The van der Waals surface area contributed by atoms with Crippen molar-refractivity contribution in [1.29, 1.82) is 0 Å². The van der Waals surface area contributed by atoms with E-state index in [-0.39, 0.29) is 12.2 Å². The first-order chi connectivity index (χ1) is 8.60. The standard InChI is InChI=1S/C13H16N2O3/c1-4-6-7-18-15-13(17)10-8-9(3)11(5-2)14-12(10)16/h8H,5,7H2,1-3H3,(H,14,16)(H,15,17). The molecular weight excluding hydrogens is 232 g/mol. The zero-order valence-corrected chi connectivity index (χ0v) is 10.7. The number of hydrogen-bond acceptors (Lipinski definition) is 3. The summed E-state index contributed by atoms with van der Waals surface area (Å²) in [6.45, 7) is 5.54. The highest BCUT2D eigenvalue weighted by atomic mass is 16.6. The summed E-state index contributed by atoms with van der Waals surface area (Å²) in [6, 6.07) is 1.56. The molecule has 1 aromatic rings. The number of rotatable bonds is 4. The van der Waals surface area contributed by atoms with E-state index in [1.165, 1.54) is 0 Å². The van der Waals surface area contributed by atoms with Crippen LogP contribution < -0.4 is 11.0 Å². The lowest BCUT2D eigenvalue weighted by atomic mass is 10.1. The van der Waals surface area contributed by atoms with Crippen LogP contribution in [0.1, 0.15) is 35.5 Å². The maximum atomic E-state index is 11.7. The van der Waals surface area contributed by atoms with E-state index in [1.54, 1.807) is 13.0 Å². The molecule has 0 aliphatic rings. The molecule has 0 fully saturated rings. The van der Waals surface area contributed by atoms with Crippen LogP contribution in [0.15, 0.2) is 10.9 Å². The Hall–Kier alpha value is -2.06.